The Hall–Kier alpha value is -4.91. The maximum atomic E-state index is 12.7. The molecule has 5 rings (SSSR count). The number of carboxylic acid groups (broad SMARTS) is 1. The number of imidazole rings is 1. The number of aryl methyl sites for hydroxylation is 6. The van der Waals surface area contributed by atoms with E-state index < -0.39 is 5.97 Å². The van der Waals surface area contributed by atoms with Crippen molar-refractivity contribution in [2.24, 2.45) is 0 Å². The van der Waals surface area contributed by atoms with Gasteiger partial charge in [0.05, 0.1) is 16.6 Å². The molecule has 0 saturated carbocycles. The number of nitrogens with zero attached hydrogens (tertiary/aromatic N) is 1. The first-order valence-electron chi connectivity index (χ1n) is 13.0. The average molecular weight is 535 g/mol. The third kappa shape index (κ3) is 6.21. The van der Waals surface area contributed by atoms with Gasteiger partial charge in [0.1, 0.15) is 5.82 Å². The van der Waals surface area contributed by atoms with Gasteiger partial charge < -0.3 is 21.1 Å². The summed E-state index contributed by atoms with van der Waals surface area (Å²) >= 11 is 0. The second-order valence-electron chi connectivity index (χ2n) is 10.2. The minimum atomic E-state index is -0.957. The van der Waals surface area contributed by atoms with Gasteiger partial charge >= 0.3 is 5.97 Å². The summed E-state index contributed by atoms with van der Waals surface area (Å²) in [6.45, 7) is 11.9. The molecule has 5 N–H and O–H groups in total. The normalized spacial score (nSPS) is 10.7. The Balaban J connectivity index is 0.000000350. The van der Waals surface area contributed by atoms with Crippen molar-refractivity contribution in [1.29, 1.82) is 0 Å². The van der Waals surface area contributed by atoms with Crippen molar-refractivity contribution in [3.8, 4) is 11.4 Å². The fourth-order valence-electron chi connectivity index (χ4n) is 4.52. The number of H-pyrrole nitrogens is 1. The Kier molecular flexibility index (Phi) is 8.05. The van der Waals surface area contributed by atoms with E-state index in [9.17, 15) is 14.7 Å². The summed E-state index contributed by atoms with van der Waals surface area (Å²) in [4.78, 5) is 32.0. The van der Waals surface area contributed by atoms with Crippen LogP contribution in [-0.4, -0.2) is 27.0 Å². The molecule has 0 fully saturated rings. The highest BCUT2D eigenvalue weighted by Gasteiger charge is 2.16. The van der Waals surface area contributed by atoms with Crippen molar-refractivity contribution in [3.63, 3.8) is 0 Å². The molecule has 5 aromatic rings. The standard InChI is InChI=1S/C25H23N3O3.C8H11N/c1-13-5-7-19(11-14(13)2)26-24(29)17-6-8-20-21(12-17)28-23(27-20)22-15(3)9-18(25(30)31)10-16(22)4;1-6-3-4-8(9)5-7(6)2/h5-12H,1-4H3,(H,26,29)(H,27,28)(H,30,31);3-5H,9H2,1-2H3. The molecule has 1 aromatic heterocycles. The van der Waals surface area contributed by atoms with E-state index >= 15 is 0 Å². The van der Waals surface area contributed by atoms with Gasteiger partial charge in [-0.1, -0.05) is 12.1 Å². The number of aromatic carboxylic acids is 1. The number of aromatic amines is 1. The van der Waals surface area contributed by atoms with Crippen LogP contribution in [0.2, 0.25) is 0 Å². The van der Waals surface area contributed by atoms with E-state index in [-0.39, 0.29) is 11.5 Å². The number of amides is 1. The maximum absolute atomic E-state index is 12.7. The van der Waals surface area contributed by atoms with Gasteiger partial charge in [0.25, 0.3) is 5.91 Å². The number of nitrogen functional groups attached to an aromatic ring is 1. The molecule has 1 amide bonds. The first-order valence-corrected chi connectivity index (χ1v) is 13.0. The Labute approximate surface area is 234 Å². The molecule has 0 atom stereocenters. The lowest BCUT2D eigenvalue weighted by Crippen LogP contribution is -2.11. The van der Waals surface area contributed by atoms with E-state index in [4.69, 9.17) is 5.73 Å². The minimum absolute atomic E-state index is 0.195. The molecule has 204 valence electrons. The Morgan fingerprint density at radius 2 is 1.35 bits per heavy atom. The number of nitrogens with two attached hydrogens (primary N) is 1. The van der Waals surface area contributed by atoms with Crippen LogP contribution < -0.4 is 11.1 Å². The van der Waals surface area contributed by atoms with Gasteiger partial charge in [0.15, 0.2) is 0 Å². The molecule has 4 aromatic carbocycles. The Morgan fingerprint density at radius 3 is 1.93 bits per heavy atom. The van der Waals surface area contributed by atoms with Gasteiger partial charge in [-0.3, -0.25) is 4.79 Å². The number of hydrogen-bond acceptors (Lipinski definition) is 4. The fourth-order valence-corrected chi connectivity index (χ4v) is 4.52. The zero-order valence-corrected chi connectivity index (χ0v) is 23.6. The number of rotatable bonds is 4. The van der Waals surface area contributed by atoms with E-state index in [2.05, 4.69) is 29.1 Å². The van der Waals surface area contributed by atoms with E-state index in [0.717, 1.165) is 44.7 Å². The number of carboxylic acids is 1. The summed E-state index contributed by atoms with van der Waals surface area (Å²) < 4.78 is 0. The number of fused-ring (bicyclic) bond motifs is 1. The summed E-state index contributed by atoms with van der Waals surface area (Å²) in [5.41, 5.74) is 16.7. The minimum Gasteiger partial charge on any atom is -0.478 e. The average Bonchev–Trinajstić information content (AvgIpc) is 3.31. The highest BCUT2D eigenvalue weighted by Crippen LogP contribution is 2.29. The van der Waals surface area contributed by atoms with Crippen LogP contribution in [0, 0.1) is 41.5 Å². The van der Waals surface area contributed by atoms with Crippen LogP contribution in [-0.2, 0) is 0 Å². The SMILES string of the molecule is Cc1ccc(N)cc1C.Cc1ccc(NC(=O)c2ccc3nc(-c4c(C)cc(C(=O)O)cc4C)[nH]c3c2)cc1C. The second-order valence-corrected chi connectivity index (χ2v) is 10.2. The van der Waals surface area contributed by atoms with E-state index in [0.29, 0.717) is 11.4 Å². The lowest BCUT2D eigenvalue weighted by atomic mass is 9.99. The molecular weight excluding hydrogens is 500 g/mol. The first kappa shape index (κ1) is 28.1. The zero-order chi connectivity index (χ0) is 29.1. The summed E-state index contributed by atoms with van der Waals surface area (Å²) in [5.74, 6) is -0.505. The smallest absolute Gasteiger partial charge is 0.335 e. The van der Waals surface area contributed by atoms with Crippen LogP contribution in [0.3, 0.4) is 0 Å². The predicted molar refractivity (Wildman–Crippen MR) is 162 cm³/mol. The lowest BCUT2D eigenvalue weighted by molar-refractivity contribution is 0.0696. The molecule has 0 saturated heterocycles. The molecule has 0 spiro atoms. The molecule has 40 heavy (non-hydrogen) atoms. The molecular formula is C33H34N4O3. The molecule has 7 nitrogen and oxygen atoms in total. The molecule has 0 bridgehead atoms. The predicted octanol–water partition coefficient (Wildman–Crippen LogP) is 7.30. The number of carbonyl (C=O) groups is 2. The molecule has 0 aliphatic carbocycles. The highest BCUT2D eigenvalue weighted by atomic mass is 16.4. The van der Waals surface area contributed by atoms with Gasteiger partial charge in [-0.25, -0.2) is 9.78 Å². The van der Waals surface area contributed by atoms with Crippen molar-refractivity contribution < 1.29 is 14.7 Å². The summed E-state index contributed by atoms with van der Waals surface area (Å²) in [6.07, 6.45) is 0. The second kappa shape index (κ2) is 11.5. The van der Waals surface area contributed by atoms with Crippen molar-refractivity contribution in [2.75, 3.05) is 11.1 Å². The van der Waals surface area contributed by atoms with Gasteiger partial charge in [0, 0.05) is 22.5 Å². The number of benzene rings is 4. The van der Waals surface area contributed by atoms with E-state index in [1.54, 1.807) is 30.3 Å². The number of aromatic nitrogens is 2. The molecule has 1 heterocycles. The van der Waals surface area contributed by atoms with Crippen molar-refractivity contribution in [1.82, 2.24) is 9.97 Å². The Morgan fingerprint density at radius 1 is 0.725 bits per heavy atom. The number of nitrogens with one attached hydrogen (secondary N) is 2. The summed E-state index contributed by atoms with van der Waals surface area (Å²) in [6, 6.07) is 20.4. The molecule has 0 aliphatic rings. The van der Waals surface area contributed by atoms with Gasteiger partial charge in [-0.2, -0.15) is 0 Å². The lowest BCUT2D eigenvalue weighted by Gasteiger charge is -2.08. The van der Waals surface area contributed by atoms with Crippen LogP contribution in [0.1, 0.15) is 54.1 Å². The van der Waals surface area contributed by atoms with Crippen molar-refractivity contribution >= 4 is 34.3 Å². The van der Waals surface area contributed by atoms with E-state index in [1.807, 2.05) is 64.1 Å². The molecule has 7 heteroatoms. The van der Waals surface area contributed by atoms with Gasteiger partial charge in [0.2, 0.25) is 0 Å². The molecule has 0 unspecified atom stereocenters. The van der Waals surface area contributed by atoms with Crippen LogP contribution in [0.25, 0.3) is 22.4 Å². The largest absolute Gasteiger partial charge is 0.478 e. The molecule has 0 radical (unpaired) electrons. The fraction of sp³-hybridized carbons (Fsp3) is 0.182. The summed E-state index contributed by atoms with van der Waals surface area (Å²) in [5, 5.41) is 12.2. The van der Waals surface area contributed by atoms with Gasteiger partial charge in [-0.15, -0.1) is 0 Å². The van der Waals surface area contributed by atoms with Crippen LogP contribution >= 0.6 is 0 Å². The van der Waals surface area contributed by atoms with Crippen molar-refractivity contribution in [2.45, 2.75) is 41.5 Å². The van der Waals surface area contributed by atoms with Crippen LogP contribution in [0.15, 0.2) is 66.7 Å². The van der Waals surface area contributed by atoms with Crippen LogP contribution in [0.4, 0.5) is 11.4 Å². The third-order valence-electron chi connectivity index (χ3n) is 7.06. The Bertz CT molecular complexity index is 1730. The van der Waals surface area contributed by atoms with Crippen LogP contribution in [0.5, 0.6) is 0 Å². The number of anilines is 2. The summed E-state index contributed by atoms with van der Waals surface area (Å²) in [7, 11) is 0. The highest BCUT2D eigenvalue weighted by molar-refractivity contribution is 6.06. The monoisotopic (exact) mass is 534 g/mol. The topological polar surface area (TPSA) is 121 Å². The zero-order valence-electron chi connectivity index (χ0n) is 23.6. The van der Waals surface area contributed by atoms with Crippen molar-refractivity contribution in [3.05, 3.63) is 111 Å². The third-order valence-corrected chi connectivity index (χ3v) is 7.06. The molecule has 0 aliphatic heterocycles. The quantitative estimate of drug-likeness (QED) is 0.180. The maximum Gasteiger partial charge on any atom is 0.335 e. The number of carbonyl (C=O) groups excluding carboxylic acids is 1. The number of hydrogen-bond donors (Lipinski definition) is 4. The van der Waals surface area contributed by atoms with E-state index in [1.165, 1.54) is 16.7 Å². The first-order chi connectivity index (χ1) is 18.9. The van der Waals surface area contributed by atoms with Gasteiger partial charge in [-0.05, 0) is 130 Å².